The molecule has 1 heterocycles. The van der Waals surface area contributed by atoms with Gasteiger partial charge in [-0.2, -0.15) is 0 Å². The first-order valence-electron chi connectivity index (χ1n) is 5.63. The predicted octanol–water partition coefficient (Wildman–Crippen LogP) is 2.79. The molecule has 0 radical (unpaired) electrons. The van der Waals surface area contributed by atoms with Crippen molar-refractivity contribution in [3.05, 3.63) is 41.1 Å². The molecule has 1 aromatic heterocycles. The quantitative estimate of drug-likeness (QED) is 0.905. The first-order valence-corrected chi connectivity index (χ1v) is 6.43. The fourth-order valence-corrected chi connectivity index (χ4v) is 1.87. The van der Waals surface area contributed by atoms with Crippen molar-refractivity contribution >= 4 is 27.8 Å². The number of hydrogen-bond acceptors (Lipinski definition) is 4. The van der Waals surface area contributed by atoms with Crippen LogP contribution in [0.4, 0.5) is 5.95 Å². The Balaban J connectivity index is 2.17. The van der Waals surface area contributed by atoms with Gasteiger partial charge in [0.25, 0.3) is 0 Å². The van der Waals surface area contributed by atoms with Gasteiger partial charge in [-0.3, -0.25) is 4.79 Å². The highest BCUT2D eigenvalue weighted by atomic mass is 79.9. The molecule has 0 aliphatic rings. The van der Waals surface area contributed by atoms with E-state index in [2.05, 4.69) is 31.2 Å². The second-order valence-corrected chi connectivity index (χ2v) is 4.93. The van der Waals surface area contributed by atoms with Gasteiger partial charge in [-0.15, -0.1) is 0 Å². The molecule has 0 bridgehead atoms. The molecule has 0 saturated heterocycles. The van der Waals surface area contributed by atoms with E-state index in [-0.39, 0.29) is 0 Å². The average Bonchev–Trinajstić information content (AvgIpc) is 2.39. The van der Waals surface area contributed by atoms with Crippen LogP contribution < -0.4 is 5.32 Å². The molecule has 2 rings (SSSR count). The van der Waals surface area contributed by atoms with Gasteiger partial charge < -0.3 is 10.4 Å². The number of aliphatic carboxylic acids is 1. The van der Waals surface area contributed by atoms with E-state index in [0.717, 1.165) is 15.6 Å². The Bertz CT molecular complexity index is 587. The molecule has 98 valence electrons. The zero-order valence-electron chi connectivity index (χ0n) is 10.2. The van der Waals surface area contributed by atoms with E-state index in [1.165, 1.54) is 6.92 Å². The van der Waals surface area contributed by atoms with Gasteiger partial charge in [-0.05, 0) is 24.6 Å². The van der Waals surface area contributed by atoms with E-state index in [1.807, 2.05) is 24.3 Å². The molecule has 5 nitrogen and oxygen atoms in total. The molecule has 2 N–H and O–H groups in total. The van der Waals surface area contributed by atoms with Gasteiger partial charge in [0.2, 0.25) is 5.95 Å². The topological polar surface area (TPSA) is 75.1 Å². The Morgan fingerprint density at radius 2 is 2.00 bits per heavy atom. The molecular weight excluding hydrogens is 310 g/mol. The number of aromatic nitrogens is 2. The maximum absolute atomic E-state index is 10.7. The monoisotopic (exact) mass is 321 g/mol. The summed E-state index contributed by atoms with van der Waals surface area (Å²) in [6, 6.07) is 7.06. The largest absolute Gasteiger partial charge is 0.480 e. The molecule has 19 heavy (non-hydrogen) atoms. The molecule has 0 aliphatic carbocycles. The van der Waals surface area contributed by atoms with Gasteiger partial charge >= 0.3 is 5.97 Å². The molecule has 1 unspecified atom stereocenters. The van der Waals surface area contributed by atoms with Crippen LogP contribution in [0.3, 0.4) is 0 Å². The lowest BCUT2D eigenvalue weighted by molar-refractivity contribution is -0.137. The molecule has 1 atom stereocenters. The molecule has 0 aliphatic heterocycles. The number of rotatable bonds is 4. The molecule has 0 fully saturated rings. The Morgan fingerprint density at radius 3 is 2.58 bits per heavy atom. The highest BCUT2D eigenvalue weighted by Crippen LogP contribution is 2.22. The van der Waals surface area contributed by atoms with Crippen LogP contribution in [0.15, 0.2) is 41.1 Å². The number of nitrogens with zero attached hydrogens (tertiary/aromatic N) is 2. The molecule has 1 aromatic carbocycles. The Hall–Kier alpha value is -1.95. The molecule has 6 heteroatoms. The molecule has 2 aromatic rings. The number of nitrogens with one attached hydrogen (secondary N) is 1. The van der Waals surface area contributed by atoms with Crippen molar-refractivity contribution in [2.45, 2.75) is 13.0 Å². The van der Waals surface area contributed by atoms with E-state index >= 15 is 0 Å². The summed E-state index contributed by atoms with van der Waals surface area (Å²) in [4.78, 5) is 18.9. The Labute approximate surface area is 118 Å². The highest BCUT2D eigenvalue weighted by Gasteiger charge is 2.11. The minimum absolute atomic E-state index is 0.300. The summed E-state index contributed by atoms with van der Waals surface area (Å²) in [5, 5.41) is 11.5. The highest BCUT2D eigenvalue weighted by molar-refractivity contribution is 9.10. The van der Waals surface area contributed by atoms with Crippen LogP contribution in [0, 0.1) is 0 Å². The summed E-state index contributed by atoms with van der Waals surface area (Å²) in [5.41, 5.74) is 1.86. The standard InChI is InChI=1S/C13H12BrN3O2/c1-8(12(18)19)17-13-15-6-10(7-16-13)9-3-2-4-11(14)5-9/h2-8H,1H3,(H,18,19)(H,15,16,17). The lowest BCUT2D eigenvalue weighted by atomic mass is 10.1. The summed E-state index contributed by atoms with van der Waals surface area (Å²) in [6.07, 6.45) is 3.32. The van der Waals surface area contributed by atoms with Gasteiger partial charge in [-0.25, -0.2) is 9.97 Å². The van der Waals surface area contributed by atoms with Crippen molar-refractivity contribution in [2.75, 3.05) is 5.32 Å². The van der Waals surface area contributed by atoms with E-state index in [9.17, 15) is 4.79 Å². The van der Waals surface area contributed by atoms with Gasteiger partial charge in [0.1, 0.15) is 6.04 Å². The first kappa shape index (κ1) is 13.5. The van der Waals surface area contributed by atoms with Crippen LogP contribution >= 0.6 is 15.9 Å². The number of benzene rings is 1. The fraction of sp³-hybridized carbons (Fsp3) is 0.154. The van der Waals surface area contributed by atoms with Crippen molar-refractivity contribution in [2.24, 2.45) is 0 Å². The van der Waals surface area contributed by atoms with Crippen LogP contribution in [0.2, 0.25) is 0 Å². The van der Waals surface area contributed by atoms with Crippen molar-refractivity contribution < 1.29 is 9.90 Å². The van der Waals surface area contributed by atoms with E-state index < -0.39 is 12.0 Å². The molecule has 0 spiro atoms. The van der Waals surface area contributed by atoms with E-state index in [0.29, 0.717) is 5.95 Å². The second kappa shape index (κ2) is 5.79. The lowest BCUT2D eigenvalue weighted by Crippen LogP contribution is -2.26. The summed E-state index contributed by atoms with van der Waals surface area (Å²) >= 11 is 3.40. The normalized spacial score (nSPS) is 11.9. The lowest BCUT2D eigenvalue weighted by Gasteiger charge is -2.09. The number of halogens is 1. The van der Waals surface area contributed by atoms with Crippen molar-refractivity contribution in [1.29, 1.82) is 0 Å². The zero-order chi connectivity index (χ0) is 13.8. The van der Waals surface area contributed by atoms with Crippen LogP contribution in [-0.4, -0.2) is 27.1 Å². The zero-order valence-corrected chi connectivity index (χ0v) is 11.8. The SMILES string of the molecule is CC(Nc1ncc(-c2cccc(Br)c2)cn1)C(=O)O. The van der Waals surface area contributed by atoms with Crippen LogP contribution in [-0.2, 0) is 4.79 Å². The Kier molecular flexibility index (Phi) is 4.11. The van der Waals surface area contributed by atoms with Gasteiger partial charge in [0.05, 0.1) is 0 Å². The summed E-state index contributed by atoms with van der Waals surface area (Å²) in [5.74, 6) is -0.645. The van der Waals surface area contributed by atoms with E-state index in [1.54, 1.807) is 12.4 Å². The summed E-state index contributed by atoms with van der Waals surface area (Å²) in [7, 11) is 0. The third-order valence-corrected chi connectivity index (χ3v) is 3.02. The number of carboxylic acid groups (broad SMARTS) is 1. The van der Waals surface area contributed by atoms with Crippen molar-refractivity contribution in [1.82, 2.24) is 9.97 Å². The van der Waals surface area contributed by atoms with Crippen molar-refractivity contribution in [3.8, 4) is 11.1 Å². The number of hydrogen-bond donors (Lipinski definition) is 2. The maximum Gasteiger partial charge on any atom is 0.325 e. The average molecular weight is 322 g/mol. The molecule has 0 saturated carbocycles. The first-order chi connectivity index (χ1) is 9.06. The minimum Gasteiger partial charge on any atom is -0.480 e. The van der Waals surface area contributed by atoms with Gasteiger partial charge in [0.15, 0.2) is 0 Å². The second-order valence-electron chi connectivity index (χ2n) is 4.01. The van der Waals surface area contributed by atoms with Crippen molar-refractivity contribution in [3.63, 3.8) is 0 Å². The van der Waals surface area contributed by atoms with Crippen LogP contribution in [0.1, 0.15) is 6.92 Å². The molecular formula is C13H12BrN3O2. The van der Waals surface area contributed by atoms with Crippen LogP contribution in [0.25, 0.3) is 11.1 Å². The number of carbonyl (C=O) groups is 1. The number of anilines is 1. The van der Waals surface area contributed by atoms with E-state index in [4.69, 9.17) is 5.11 Å². The van der Waals surface area contributed by atoms with Crippen LogP contribution in [0.5, 0.6) is 0 Å². The predicted molar refractivity (Wildman–Crippen MR) is 75.9 cm³/mol. The summed E-state index contributed by atoms with van der Waals surface area (Å²) < 4.78 is 0.978. The smallest absolute Gasteiger partial charge is 0.325 e. The third kappa shape index (κ3) is 3.51. The maximum atomic E-state index is 10.7. The minimum atomic E-state index is -0.945. The number of carboxylic acids is 1. The Morgan fingerprint density at radius 1 is 1.32 bits per heavy atom. The van der Waals surface area contributed by atoms with Gasteiger partial charge in [0, 0.05) is 22.4 Å². The fourth-order valence-electron chi connectivity index (χ4n) is 1.48. The molecule has 0 amide bonds. The third-order valence-electron chi connectivity index (χ3n) is 2.53. The van der Waals surface area contributed by atoms with Gasteiger partial charge in [-0.1, -0.05) is 28.1 Å². The summed E-state index contributed by atoms with van der Waals surface area (Å²) in [6.45, 7) is 1.54.